The molecule has 0 aromatic heterocycles. The van der Waals surface area contributed by atoms with Crippen LogP contribution in [0.5, 0.6) is 0 Å². The highest BCUT2D eigenvalue weighted by atomic mass is 16.3. The summed E-state index contributed by atoms with van der Waals surface area (Å²) in [5, 5.41) is 10.3. The number of hydrogen-bond donors (Lipinski definition) is 1. The van der Waals surface area contributed by atoms with E-state index in [1.807, 2.05) is 45.9 Å². The van der Waals surface area contributed by atoms with Gasteiger partial charge in [0.2, 0.25) is 0 Å². The summed E-state index contributed by atoms with van der Waals surface area (Å²) in [5.74, 6) is -0.277. The summed E-state index contributed by atoms with van der Waals surface area (Å²) in [6.07, 6.45) is 5.92. The molecule has 0 aliphatic heterocycles. The molecule has 0 radical (unpaired) electrons. The Morgan fingerprint density at radius 3 is 2.23 bits per heavy atom. The van der Waals surface area contributed by atoms with Crippen LogP contribution in [0.2, 0.25) is 0 Å². The number of ketones is 1. The van der Waals surface area contributed by atoms with Gasteiger partial charge in [0.1, 0.15) is 5.76 Å². The molecule has 0 amide bonds. The molecule has 26 heavy (non-hydrogen) atoms. The van der Waals surface area contributed by atoms with Crippen LogP contribution in [0.15, 0.2) is 70.5 Å². The van der Waals surface area contributed by atoms with E-state index in [4.69, 9.17) is 0 Å². The van der Waals surface area contributed by atoms with Gasteiger partial charge in [0, 0.05) is 12.8 Å². The predicted octanol–water partition coefficient (Wildman–Crippen LogP) is 5.78. The van der Waals surface area contributed by atoms with Gasteiger partial charge in [0.25, 0.3) is 0 Å². The minimum absolute atomic E-state index is 0.0662. The highest BCUT2D eigenvalue weighted by Crippen LogP contribution is 2.20. The molecule has 0 aliphatic rings. The fraction of sp³-hybridized carbons (Fsp3) is 0.304. The number of carbonyl (C=O) groups is 1. The summed E-state index contributed by atoms with van der Waals surface area (Å²) >= 11 is 0. The molecule has 1 rings (SSSR count). The van der Waals surface area contributed by atoms with Crippen LogP contribution in [-0.4, -0.2) is 23.6 Å². The van der Waals surface area contributed by atoms with Crippen molar-refractivity contribution in [3.63, 3.8) is 0 Å². The average molecular weight is 351 g/mol. The van der Waals surface area contributed by atoms with E-state index in [0.717, 1.165) is 28.7 Å². The minimum Gasteiger partial charge on any atom is -0.507 e. The monoisotopic (exact) mass is 351 g/mol. The van der Waals surface area contributed by atoms with Crippen molar-refractivity contribution >= 4 is 17.6 Å². The van der Waals surface area contributed by atoms with Crippen LogP contribution in [0.3, 0.4) is 0 Å². The van der Waals surface area contributed by atoms with Crippen molar-refractivity contribution in [2.24, 2.45) is 4.99 Å². The van der Waals surface area contributed by atoms with Gasteiger partial charge < -0.3 is 5.11 Å². The molecule has 0 atom stereocenters. The number of aliphatic hydroxyl groups excluding tert-OH is 1. The lowest BCUT2D eigenvalue weighted by Crippen LogP contribution is -2.03. The van der Waals surface area contributed by atoms with E-state index >= 15 is 0 Å². The molecule has 0 saturated heterocycles. The van der Waals surface area contributed by atoms with Crippen molar-refractivity contribution < 1.29 is 9.90 Å². The number of Topliss-reactive ketones (excluding diaryl/α,β-unsaturated/α-hetero) is 1. The molecule has 138 valence electrons. The lowest BCUT2D eigenvalue weighted by Gasteiger charge is -2.07. The topological polar surface area (TPSA) is 49.7 Å². The predicted molar refractivity (Wildman–Crippen MR) is 112 cm³/mol. The van der Waals surface area contributed by atoms with E-state index in [-0.39, 0.29) is 17.1 Å². The summed E-state index contributed by atoms with van der Waals surface area (Å²) in [4.78, 5) is 15.9. The fourth-order valence-corrected chi connectivity index (χ4v) is 2.25. The summed E-state index contributed by atoms with van der Waals surface area (Å²) in [7, 11) is 0. The van der Waals surface area contributed by atoms with Crippen LogP contribution in [0.25, 0.3) is 5.57 Å². The van der Waals surface area contributed by atoms with E-state index in [1.54, 1.807) is 6.08 Å². The maximum absolute atomic E-state index is 11.8. The Bertz CT molecular complexity index is 775. The Morgan fingerprint density at radius 2 is 1.69 bits per heavy atom. The number of rotatable bonds is 8. The number of nitrogens with zero attached hydrogens (tertiary/aromatic N) is 1. The molecule has 0 bridgehead atoms. The molecule has 1 N–H and O–H groups in total. The SMILES string of the molecule is C=C(/C=C(C)/C(C)=C/C(O)=C(\C=NCCC)C(C)=O)c1ccc(C)cc1. The van der Waals surface area contributed by atoms with Gasteiger partial charge in [0.05, 0.1) is 5.57 Å². The molecule has 0 spiro atoms. The Morgan fingerprint density at radius 1 is 1.12 bits per heavy atom. The van der Waals surface area contributed by atoms with Crippen molar-refractivity contribution in [2.45, 2.75) is 41.0 Å². The van der Waals surface area contributed by atoms with Crippen molar-refractivity contribution in [1.29, 1.82) is 0 Å². The first kappa shape index (κ1) is 21.4. The van der Waals surface area contributed by atoms with Crippen molar-refractivity contribution in [1.82, 2.24) is 0 Å². The van der Waals surface area contributed by atoms with Crippen molar-refractivity contribution in [2.75, 3.05) is 6.54 Å². The van der Waals surface area contributed by atoms with Gasteiger partial charge in [-0.3, -0.25) is 9.79 Å². The summed E-state index contributed by atoms with van der Waals surface area (Å²) < 4.78 is 0. The van der Waals surface area contributed by atoms with Crippen LogP contribution in [0.4, 0.5) is 0 Å². The molecule has 1 aromatic carbocycles. The van der Waals surface area contributed by atoms with Gasteiger partial charge in [-0.15, -0.1) is 0 Å². The molecular weight excluding hydrogens is 322 g/mol. The zero-order valence-electron chi connectivity index (χ0n) is 16.5. The molecule has 3 nitrogen and oxygen atoms in total. The first-order chi connectivity index (χ1) is 12.3. The smallest absolute Gasteiger partial charge is 0.165 e. The molecule has 0 unspecified atom stereocenters. The Balaban J connectivity index is 3.08. The maximum atomic E-state index is 11.8. The van der Waals surface area contributed by atoms with Crippen molar-refractivity contribution in [3.8, 4) is 0 Å². The molecule has 3 heteroatoms. The molecule has 0 aliphatic carbocycles. The van der Waals surface area contributed by atoms with E-state index in [0.29, 0.717) is 6.54 Å². The van der Waals surface area contributed by atoms with Gasteiger partial charge >= 0.3 is 0 Å². The van der Waals surface area contributed by atoms with Crippen molar-refractivity contribution in [3.05, 3.63) is 76.6 Å². The van der Waals surface area contributed by atoms with E-state index in [2.05, 4.69) is 23.7 Å². The number of aryl methyl sites for hydroxylation is 1. The number of carbonyl (C=O) groups excluding carboxylic acids is 1. The Kier molecular flexibility index (Phi) is 8.50. The second-order valence-electron chi connectivity index (χ2n) is 6.44. The van der Waals surface area contributed by atoms with Gasteiger partial charge in [-0.1, -0.05) is 49.4 Å². The first-order valence-corrected chi connectivity index (χ1v) is 8.83. The Labute approximate surface area is 157 Å². The van der Waals surface area contributed by atoms with Crippen LogP contribution < -0.4 is 0 Å². The van der Waals surface area contributed by atoms with Crippen LogP contribution in [0, 0.1) is 6.92 Å². The normalized spacial score (nSPS) is 13.7. The average Bonchev–Trinajstić information content (AvgIpc) is 2.58. The molecule has 1 aromatic rings. The van der Waals surface area contributed by atoms with E-state index in [1.165, 1.54) is 18.7 Å². The third kappa shape index (κ3) is 6.67. The van der Waals surface area contributed by atoms with Crippen LogP contribution in [0.1, 0.15) is 45.2 Å². The number of aliphatic imine (C=N–C) groups is 1. The second kappa shape index (κ2) is 10.3. The standard InChI is InChI=1S/C23H29NO2/c1-7-12-24-15-22(20(6)25)23(26)14-18(4)17(3)13-19(5)21-10-8-16(2)9-11-21/h8-11,13-15,26H,5,7,12H2,1-4,6H3/b17-13+,18-14+,23-22-,24-15?. The summed E-state index contributed by atoms with van der Waals surface area (Å²) in [6, 6.07) is 8.18. The quantitative estimate of drug-likeness (QED) is 0.279. The number of allylic oxidation sites excluding steroid dienone is 6. The third-order valence-electron chi connectivity index (χ3n) is 4.02. The van der Waals surface area contributed by atoms with Crippen LogP contribution in [-0.2, 0) is 4.79 Å². The van der Waals surface area contributed by atoms with E-state index < -0.39 is 0 Å². The highest BCUT2D eigenvalue weighted by Gasteiger charge is 2.08. The largest absolute Gasteiger partial charge is 0.507 e. The lowest BCUT2D eigenvalue weighted by molar-refractivity contribution is -0.113. The van der Waals surface area contributed by atoms with E-state index in [9.17, 15) is 9.90 Å². The molecular formula is C23H29NO2. The lowest BCUT2D eigenvalue weighted by atomic mass is 10.00. The zero-order chi connectivity index (χ0) is 19.7. The molecule has 0 heterocycles. The highest BCUT2D eigenvalue weighted by molar-refractivity contribution is 6.12. The second-order valence-corrected chi connectivity index (χ2v) is 6.44. The van der Waals surface area contributed by atoms with Gasteiger partial charge in [0.15, 0.2) is 5.78 Å². The zero-order valence-corrected chi connectivity index (χ0v) is 16.5. The first-order valence-electron chi connectivity index (χ1n) is 8.83. The fourth-order valence-electron chi connectivity index (χ4n) is 2.25. The third-order valence-corrected chi connectivity index (χ3v) is 4.02. The number of hydrogen-bond acceptors (Lipinski definition) is 3. The van der Waals surface area contributed by atoms with Gasteiger partial charge in [-0.05, 0) is 62.5 Å². The summed E-state index contributed by atoms with van der Waals surface area (Å²) in [5.41, 5.74) is 5.21. The van der Waals surface area contributed by atoms with Gasteiger partial charge in [-0.25, -0.2) is 0 Å². The Hall–Kier alpha value is -2.68. The maximum Gasteiger partial charge on any atom is 0.165 e. The molecule has 0 saturated carbocycles. The number of aliphatic hydroxyl groups is 1. The number of benzene rings is 1. The van der Waals surface area contributed by atoms with Gasteiger partial charge in [-0.2, -0.15) is 0 Å². The minimum atomic E-state index is -0.211. The summed E-state index contributed by atoms with van der Waals surface area (Å²) in [6.45, 7) is 14.1. The molecule has 0 fully saturated rings. The van der Waals surface area contributed by atoms with Crippen LogP contribution >= 0.6 is 0 Å².